The topological polar surface area (TPSA) is 70.8 Å². The summed E-state index contributed by atoms with van der Waals surface area (Å²) in [6.07, 6.45) is 2.08. The molecule has 2 rings (SSSR count). The largest absolute Gasteiger partial charge is 0.497 e. The van der Waals surface area contributed by atoms with E-state index in [0.717, 1.165) is 24.3 Å². The molecule has 0 unspecified atom stereocenters. The number of nitrogen functional groups attached to an aromatic ring is 1. The van der Waals surface area contributed by atoms with Crippen molar-refractivity contribution in [3.63, 3.8) is 0 Å². The van der Waals surface area contributed by atoms with E-state index in [9.17, 15) is 4.79 Å². The van der Waals surface area contributed by atoms with Crippen molar-refractivity contribution in [2.75, 3.05) is 26.1 Å². The van der Waals surface area contributed by atoms with Crippen LogP contribution in [0.4, 0.5) is 5.69 Å². The molecule has 25 heavy (non-hydrogen) atoms. The van der Waals surface area contributed by atoms with E-state index in [-0.39, 0.29) is 5.78 Å². The molecule has 0 radical (unpaired) electrons. The zero-order valence-corrected chi connectivity index (χ0v) is 14.8. The average molecular weight is 343 g/mol. The highest BCUT2D eigenvalue weighted by Crippen LogP contribution is 2.23. The molecule has 134 valence electrons. The molecule has 5 nitrogen and oxygen atoms in total. The maximum absolute atomic E-state index is 11.9. The number of hydrogen-bond acceptors (Lipinski definition) is 5. The fraction of sp³-hybridized carbons (Fsp3) is 0.350. The lowest BCUT2D eigenvalue weighted by atomic mass is 10.1. The van der Waals surface area contributed by atoms with E-state index in [1.54, 1.807) is 25.3 Å². The summed E-state index contributed by atoms with van der Waals surface area (Å²) < 4.78 is 16.4. The van der Waals surface area contributed by atoms with Gasteiger partial charge in [-0.15, -0.1) is 0 Å². The number of ketones is 1. The highest BCUT2D eigenvalue weighted by Gasteiger charge is 2.08. The second-order valence-electron chi connectivity index (χ2n) is 5.65. The van der Waals surface area contributed by atoms with Crippen molar-refractivity contribution in [2.24, 2.45) is 0 Å². The van der Waals surface area contributed by atoms with Crippen molar-refractivity contribution < 1.29 is 19.0 Å². The molecule has 5 heteroatoms. The molecule has 0 atom stereocenters. The Balaban J connectivity index is 1.74. The van der Waals surface area contributed by atoms with Gasteiger partial charge in [-0.05, 0) is 48.9 Å². The third-order valence-electron chi connectivity index (χ3n) is 3.68. The molecule has 0 aliphatic heterocycles. The van der Waals surface area contributed by atoms with Gasteiger partial charge in [-0.2, -0.15) is 0 Å². The molecule has 0 aromatic heterocycles. The number of methoxy groups -OCH3 is 1. The van der Waals surface area contributed by atoms with Crippen LogP contribution in [-0.2, 0) is 0 Å². The van der Waals surface area contributed by atoms with Crippen LogP contribution in [-0.4, -0.2) is 26.1 Å². The standard InChI is InChI=1S/C20H25NO4/c1-3-5-19(22)15-6-11-20(18(21)14-15)25-13-4-12-24-17-9-7-16(23-2)8-10-17/h6-11,14H,3-5,12-13,21H2,1-2H3. The summed E-state index contributed by atoms with van der Waals surface area (Å²) in [5.74, 6) is 2.29. The molecule has 0 aliphatic carbocycles. The smallest absolute Gasteiger partial charge is 0.162 e. The van der Waals surface area contributed by atoms with Gasteiger partial charge in [0, 0.05) is 18.4 Å². The number of Topliss-reactive ketones (excluding diaryl/α,β-unsaturated/α-hetero) is 1. The van der Waals surface area contributed by atoms with Gasteiger partial charge >= 0.3 is 0 Å². The van der Waals surface area contributed by atoms with Gasteiger partial charge in [-0.1, -0.05) is 6.92 Å². The van der Waals surface area contributed by atoms with Crippen molar-refractivity contribution in [1.82, 2.24) is 0 Å². The number of anilines is 1. The number of hydrogen-bond donors (Lipinski definition) is 1. The zero-order valence-electron chi connectivity index (χ0n) is 14.8. The maximum atomic E-state index is 11.9. The first-order valence-electron chi connectivity index (χ1n) is 8.46. The Labute approximate surface area is 148 Å². The number of carbonyl (C=O) groups excluding carboxylic acids is 1. The Morgan fingerprint density at radius 1 is 1.00 bits per heavy atom. The highest BCUT2D eigenvalue weighted by molar-refractivity contribution is 5.97. The van der Waals surface area contributed by atoms with Gasteiger partial charge in [0.15, 0.2) is 5.78 Å². The Morgan fingerprint density at radius 3 is 2.32 bits per heavy atom. The second kappa shape index (κ2) is 9.57. The van der Waals surface area contributed by atoms with Gasteiger partial charge in [-0.25, -0.2) is 0 Å². The number of carbonyl (C=O) groups is 1. The monoisotopic (exact) mass is 343 g/mol. The van der Waals surface area contributed by atoms with Crippen LogP contribution in [0.3, 0.4) is 0 Å². The van der Waals surface area contributed by atoms with Gasteiger partial charge in [0.2, 0.25) is 0 Å². The summed E-state index contributed by atoms with van der Waals surface area (Å²) in [4.78, 5) is 11.9. The maximum Gasteiger partial charge on any atom is 0.162 e. The molecule has 2 aromatic rings. The summed E-state index contributed by atoms with van der Waals surface area (Å²) in [6.45, 7) is 3.01. The molecule has 0 heterocycles. The number of benzene rings is 2. The number of ether oxygens (including phenoxy) is 3. The Hall–Kier alpha value is -2.69. The van der Waals surface area contributed by atoms with Gasteiger partial charge in [-0.3, -0.25) is 4.79 Å². The molecule has 0 saturated carbocycles. The Morgan fingerprint density at radius 2 is 1.68 bits per heavy atom. The lowest BCUT2D eigenvalue weighted by Gasteiger charge is -2.11. The van der Waals surface area contributed by atoms with Crippen molar-refractivity contribution >= 4 is 11.5 Å². The molecule has 0 bridgehead atoms. The summed E-state index contributed by atoms with van der Waals surface area (Å²) in [6, 6.07) is 12.6. The van der Waals surface area contributed by atoms with Crippen LogP contribution in [0.1, 0.15) is 36.5 Å². The first-order valence-corrected chi connectivity index (χ1v) is 8.46. The van der Waals surface area contributed by atoms with Crippen molar-refractivity contribution in [3.8, 4) is 17.2 Å². The molecule has 2 N–H and O–H groups in total. The van der Waals surface area contributed by atoms with E-state index >= 15 is 0 Å². The molecule has 0 amide bonds. The quantitative estimate of drug-likeness (QED) is 0.399. The zero-order chi connectivity index (χ0) is 18.1. The van der Waals surface area contributed by atoms with E-state index in [1.165, 1.54) is 0 Å². The van der Waals surface area contributed by atoms with Gasteiger partial charge in [0.1, 0.15) is 17.2 Å². The van der Waals surface area contributed by atoms with Crippen LogP contribution in [0, 0.1) is 0 Å². The van der Waals surface area contributed by atoms with E-state index < -0.39 is 0 Å². The fourth-order valence-electron chi connectivity index (χ4n) is 2.33. The summed E-state index contributed by atoms with van der Waals surface area (Å²) >= 11 is 0. The summed E-state index contributed by atoms with van der Waals surface area (Å²) in [7, 11) is 1.63. The first kappa shape index (κ1) is 18.6. The predicted molar refractivity (Wildman–Crippen MR) is 98.7 cm³/mol. The molecular weight excluding hydrogens is 318 g/mol. The van der Waals surface area contributed by atoms with Crippen LogP contribution < -0.4 is 19.9 Å². The Bertz CT molecular complexity index is 683. The lowest BCUT2D eigenvalue weighted by molar-refractivity contribution is 0.0981. The normalized spacial score (nSPS) is 10.3. The van der Waals surface area contributed by atoms with Crippen LogP contribution in [0.15, 0.2) is 42.5 Å². The fourth-order valence-corrected chi connectivity index (χ4v) is 2.33. The van der Waals surface area contributed by atoms with Crippen LogP contribution in [0.5, 0.6) is 17.2 Å². The molecular formula is C20H25NO4. The minimum atomic E-state index is 0.105. The molecule has 2 aromatic carbocycles. The van der Waals surface area contributed by atoms with Gasteiger partial charge < -0.3 is 19.9 Å². The van der Waals surface area contributed by atoms with E-state index in [2.05, 4.69) is 0 Å². The highest BCUT2D eigenvalue weighted by atomic mass is 16.5. The summed E-state index contributed by atoms with van der Waals surface area (Å²) in [5, 5.41) is 0. The lowest BCUT2D eigenvalue weighted by Crippen LogP contribution is -2.07. The van der Waals surface area contributed by atoms with Crippen LogP contribution >= 0.6 is 0 Å². The van der Waals surface area contributed by atoms with Crippen molar-refractivity contribution in [2.45, 2.75) is 26.2 Å². The molecule has 0 fully saturated rings. The molecule has 0 aliphatic rings. The minimum Gasteiger partial charge on any atom is -0.497 e. The van der Waals surface area contributed by atoms with Crippen molar-refractivity contribution in [1.29, 1.82) is 0 Å². The van der Waals surface area contributed by atoms with Crippen LogP contribution in [0.25, 0.3) is 0 Å². The van der Waals surface area contributed by atoms with E-state index in [4.69, 9.17) is 19.9 Å². The predicted octanol–water partition coefficient (Wildman–Crippen LogP) is 4.11. The SMILES string of the molecule is CCCC(=O)c1ccc(OCCCOc2ccc(OC)cc2)c(N)c1. The van der Waals surface area contributed by atoms with E-state index in [0.29, 0.717) is 36.6 Å². The van der Waals surface area contributed by atoms with Crippen LogP contribution in [0.2, 0.25) is 0 Å². The van der Waals surface area contributed by atoms with Crippen molar-refractivity contribution in [3.05, 3.63) is 48.0 Å². The van der Waals surface area contributed by atoms with E-state index in [1.807, 2.05) is 31.2 Å². The number of nitrogens with two attached hydrogens (primary N) is 1. The minimum absolute atomic E-state index is 0.105. The molecule has 0 spiro atoms. The first-order chi connectivity index (χ1) is 12.1. The number of rotatable bonds is 10. The summed E-state index contributed by atoms with van der Waals surface area (Å²) in [5.41, 5.74) is 7.09. The Kier molecular flexibility index (Phi) is 7.14. The second-order valence-corrected chi connectivity index (χ2v) is 5.65. The third-order valence-corrected chi connectivity index (χ3v) is 3.68. The average Bonchev–Trinajstić information content (AvgIpc) is 2.63. The third kappa shape index (κ3) is 5.71. The van der Waals surface area contributed by atoms with Gasteiger partial charge in [0.25, 0.3) is 0 Å². The van der Waals surface area contributed by atoms with Gasteiger partial charge in [0.05, 0.1) is 26.0 Å². The molecule has 0 saturated heterocycles.